The second kappa shape index (κ2) is 18.1. The van der Waals surface area contributed by atoms with E-state index in [0.29, 0.717) is 0 Å². The van der Waals surface area contributed by atoms with Gasteiger partial charge in [-0.05, 0) is 98.0 Å². The van der Waals surface area contributed by atoms with Crippen molar-refractivity contribution < 1.29 is 20.1 Å². The maximum absolute atomic E-state index is 5.42. The van der Waals surface area contributed by atoms with Crippen LogP contribution in [0.25, 0.3) is 98.2 Å². The van der Waals surface area contributed by atoms with E-state index in [1.807, 2.05) is 66.2 Å². The Morgan fingerprint density at radius 3 is 1.89 bits per heavy atom. The van der Waals surface area contributed by atoms with E-state index >= 15 is 0 Å². The van der Waals surface area contributed by atoms with Gasteiger partial charge in [-0.25, -0.2) is 0 Å². The Bertz CT molecular complexity index is 3540. The number of hydrogen-bond donors (Lipinski definition) is 0. The molecule has 0 aliphatic carbocycles. The first-order valence-electron chi connectivity index (χ1n) is 22.2. The van der Waals surface area contributed by atoms with E-state index in [1.165, 1.54) is 69.9 Å². The van der Waals surface area contributed by atoms with Gasteiger partial charge >= 0.3 is 0 Å². The van der Waals surface area contributed by atoms with Gasteiger partial charge in [-0.1, -0.05) is 136 Å². The number of pyridine rings is 2. The molecule has 66 heavy (non-hydrogen) atoms. The van der Waals surface area contributed by atoms with Crippen LogP contribution in [0.4, 0.5) is 0 Å². The second-order valence-electron chi connectivity index (χ2n) is 17.0. The van der Waals surface area contributed by atoms with E-state index in [1.54, 1.807) is 6.20 Å². The molecule has 323 valence electrons. The van der Waals surface area contributed by atoms with Crippen LogP contribution in [0.15, 0.2) is 188 Å². The Morgan fingerprint density at radius 2 is 1.23 bits per heavy atom. The Morgan fingerprint density at radius 1 is 0.576 bits per heavy atom. The molecule has 0 fully saturated rings. The number of fused-ring (bicyclic) bond motifs is 7. The molecule has 0 bridgehead atoms. The summed E-state index contributed by atoms with van der Waals surface area (Å²) in [5, 5.41) is 4.95. The first kappa shape index (κ1) is 42.9. The summed E-state index contributed by atoms with van der Waals surface area (Å²) in [6, 6.07) is 66.8. The Hall–Kier alpha value is -7.02. The fraction of sp³-hybridized carbons (Fsp3) is 0.102. The molecular weight excluding hydrogens is 1000 g/mol. The molecule has 0 spiro atoms. The predicted octanol–water partition coefficient (Wildman–Crippen LogP) is 15.8. The molecule has 0 N–H and O–H groups in total. The maximum atomic E-state index is 5.42. The fourth-order valence-corrected chi connectivity index (χ4v) is 10.5. The molecule has 5 heterocycles. The zero-order chi connectivity index (χ0) is 44.0. The number of nitrogens with zero attached hydrogens (tertiary/aromatic N) is 5. The van der Waals surface area contributed by atoms with Crippen molar-refractivity contribution in [2.75, 3.05) is 0 Å². The number of benzene rings is 7. The van der Waals surface area contributed by atoms with Gasteiger partial charge < -0.3 is 14.1 Å². The third-order valence-corrected chi connectivity index (χ3v) is 13.5. The number of rotatable bonds is 7. The Balaban J connectivity index is 0.000000342. The fourth-order valence-electron chi connectivity index (χ4n) is 9.30. The van der Waals surface area contributed by atoms with Crippen molar-refractivity contribution in [3.05, 3.63) is 212 Å². The average molecular weight is 1050 g/mol. The van der Waals surface area contributed by atoms with Crippen LogP contribution in [0.3, 0.4) is 0 Å². The summed E-state index contributed by atoms with van der Waals surface area (Å²) < 4.78 is 7.25. The molecule has 12 rings (SSSR count). The molecule has 5 nitrogen and oxygen atoms in total. The van der Waals surface area contributed by atoms with Gasteiger partial charge in [0.25, 0.3) is 0 Å². The molecule has 0 saturated heterocycles. The van der Waals surface area contributed by atoms with Crippen molar-refractivity contribution in [1.29, 1.82) is 0 Å². The van der Waals surface area contributed by atoms with E-state index in [9.17, 15) is 0 Å². The smallest absolute Gasteiger partial charge is 0.0957 e. The van der Waals surface area contributed by atoms with Gasteiger partial charge in [-0.15, -0.1) is 48.0 Å². The van der Waals surface area contributed by atoms with Crippen LogP contribution in [-0.2, 0) is 20.1 Å². The van der Waals surface area contributed by atoms with Gasteiger partial charge in [0, 0.05) is 64.7 Å². The van der Waals surface area contributed by atoms with Crippen LogP contribution < -0.4 is 0 Å². The molecule has 0 aliphatic rings. The molecule has 0 atom stereocenters. The molecule has 7 heteroatoms. The predicted molar refractivity (Wildman–Crippen MR) is 272 cm³/mol. The summed E-state index contributed by atoms with van der Waals surface area (Å²) in [5.74, 6) is 1.42. The van der Waals surface area contributed by atoms with Crippen LogP contribution in [0, 0.1) is 12.1 Å². The summed E-state index contributed by atoms with van der Waals surface area (Å²) in [7, 11) is 0. The number of para-hydroxylation sites is 2. The normalized spacial score (nSPS) is 11.5. The maximum Gasteiger partial charge on any atom is 0.0957 e. The van der Waals surface area contributed by atoms with Crippen molar-refractivity contribution >= 4 is 64.3 Å². The first-order valence-corrected chi connectivity index (χ1v) is 23.1. The molecule has 5 aromatic heterocycles. The van der Waals surface area contributed by atoms with Gasteiger partial charge in [-0.2, -0.15) is 11.3 Å². The minimum absolute atomic E-state index is 0. The Labute approximate surface area is 402 Å². The minimum atomic E-state index is 0. The molecular formula is C59H45IrN5S-2. The quantitative estimate of drug-likeness (QED) is 0.149. The Kier molecular flexibility index (Phi) is 11.8. The van der Waals surface area contributed by atoms with Gasteiger partial charge in [0.15, 0.2) is 0 Å². The summed E-state index contributed by atoms with van der Waals surface area (Å²) in [5.41, 5.74) is 14.7. The van der Waals surface area contributed by atoms with Gasteiger partial charge in [0.1, 0.15) is 0 Å². The summed E-state index contributed by atoms with van der Waals surface area (Å²) >= 11 is 1.83. The van der Waals surface area contributed by atoms with E-state index < -0.39 is 0 Å². The van der Waals surface area contributed by atoms with Crippen LogP contribution in [0.2, 0.25) is 0 Å². The number of imidazole rings is 1. The van der Waals surface area contributed by atoms with Crippen LogP contribution in [0.5, 0.6) is 0 Å². The van der Waals surface area contributed by atoms with Crippen LogP contribution >= 0.6 is 11.3 Å². The van der Waals surface area contributed by atoms with Crippen molar-refractivity contribution in [3.8, 4) is 45.1 Å². The zero-order valence-corrected chi connectivity index (χ0v) is 40.2. The SMILES string of the molecule is CC(C)c1cc(-c2ccccc2)cc(C(C)C)c1-n1c(-c2[c-]cc(-n3c4ccccc4c4ccccc43)c3c2sc2ccccc23)nc2cnccc21.[Ir].[c-]1ccccc1-c1ccccn1. The van der Waals surface area contributed by atoms with Crippen LogP contribution in [-0.4, -0.2) is 24.1 Å². The van der Waals surface area contributed by atoms with E-state index in [4.69, 9.17) is 4.98 Å². The topological polar surface area (TPSA) is 48.5 Å². The van der Waals surface area contributed by atoms with E-state index in [0.717, 1.165) is 39.4 Å². The zero-order valence-electron chi connectivity index (χ0n) is 37.0. The van der Waals surface area contributed by atoms with Gasteiger partial charge in [-0.3, -0.25) is 9.97 Å². The first-order chi connectivity index (χ1) is 31.9. The molecule has 1 radical (unpaired) electrons. The third-order valence-electron chi connectivity index (χ3n) is 12.3. The molecule has 0 saturated carbocycles. The number of hydrogen-bond acceptors (Lipinski definition) is 4. The summed E-state index contributed by atoms with van der Waals surface area (Å²) in [6.45, 7) is 9.20. The number of aromatic nitrogens is 5. The summed E-state index contributed by atoms with van der Waals surface area (Å²) in [6.07, 6.45) is 5.57. The monoisotopic (exact) mass is 1050 g/mol. The largest absolute Gasteiger partial charge is 0.350 e. The second-order valence-corrected chi connectivity index (χ2v) is 18.1. The molecule has 0 aliphatic heterocycles. The average Bonchev–Trinajstić information content (AvgIpc) is 4.05. The summed E-state index contributed by atoms with van der Waals surface area (Å²) in [4.78, 5) is 14.2. The van der Waals surface area contributed by atoms with Crippen LogP contribution in [0.1, 0.15) is 50.7 Å². The van der Waals surface area contributed by atoms with Gasteiger partial charge in [0.2, 0.25) is 0 Å². The third kappa shape index (κ3) is 7.53. The standard InChI is InChI=1S/C48H37N4S.C11H8N.Ir/c1-29(2)37-26-32(31-14-6-5-7-15-31)27-38(30(3)4)46(37)52-42-24-25-49-28-39(42)50-48(52)36-22-23-43(45-35-18-10-13-21-44(35)53-47(36)45)51-40-19-11-8-16-33(40)34-17-9-12-20-41(34)51;1-2-6-10(7-3-1)11-8-4-5-9-12-11;/h5-21,23-30H,1-4H3;1-6,8-9H;/q2*-1;. The van der Waals surface area contributed by atoms with Gasteiger partial charge in [0.05, 0.1) is 23.1 Å². The molecule has 0 unspecified atom stereocenters. The van der Waals surface area contributed by atoms with E-state index in [2.05, 4.69) is 186 Å². The molecule has 7 aromatic carbocycles. The number of thiophene rings is 1. The molecule has 0 amide bonds. The molecule has 12 aromatic rings. The minimum Gasteiger partial charge on any atom is -0.350 e. The van der Waals surface area contributed by atoms with E-state index in [-0.39, 0.29) is 31.9 Å². The van der Waals surface area contributed by atoms with Crippen molar-refractivity contribution in [3.63, 3.8) is 0 Å². The van der Waals surface area contributed by atoms with Crippen molar-refractivity contribution in [2.24, 2.45) is 0 Å². The van der Waals surface area contributed by atoms with Crippen molar-refractivity contribution in [2.45, 2.75) is 39.5 Å². The van der Waals surface area contributed by atoms with Crippen molar-refractivity contribution in [1.82, 2.24) is 24.1 Å².